The molecule has 2 aromatic carbocycles. The fraction of sp³-hybridized carbons (Fsp3) is 0.300. The first-order chi connectivity index (χ1) is 14.7. The highest BCUT2D eigenvalue weighted by Crippen LogP contribution is 2.39. The zero-order valence-corrected chi connectivity index (χ0v) is 19.0. The SMILES string of the molecule is COc1cc(N=NC(C(C)=O)C(=O)Nc2cc(Cl)c(OC)c(OC)c2)c(Cl)c(OC)c1. The lowest BCUT2D eigenvalue weighted by Crippen LogP contribution is -2.31. The van der Waals surface area contributed by atoms with Gasteiger partial charge in [-0.25, -0.2) is 0 Å². The van der Waals surface area contributed by atoms with Gasteiger partial charge in [-0.1, -0.05) is 23.2 Å². The number of amides is 1. The molecule has 0 fully saturated rings. The van der Waals surface area contributed by atoms with Gasteiger partial charge in [-0.05, 0) is 13.0 Å². The Kier molecular flexibility index (Phi) is 8.47. The van der Waals surface area contributed by atoms with Gasteiger partial charge in [0.2, 0.25) is 6.04 Å². The largest absolute Gasteiger partial charge is 0.497 e. The molecule has 0 aliphatic heterocycles. The maximum Gasteiger partial charge on any atom is 0.258 e. The van der Waals surface area contributed by atoms with E-state index in [0.29, 0.717) is 23.0 Å². The number of Topliss-reactive ketones (excluding diaryl/α,β-unsaturated/α-hetero) is 1. The van der Waals surface area contributed by atoms with Gasteiger partial charge < -0.3 is 24.3 Å². The molecule has 0 aliphatic carbocycles. The van der Waals surface area contributed by atoms with E-state index in [4.69, 9.17) is 42.1 Å². The Morgan fingerprint density at radius 2 is 1.61 bits per heavy atom. The van der Waals surface area contributed by atoms with Gasteiger partial charge in [0.1, 0.15) is 22.2 Å². The molecule has 0 heterocycles. The van der Waals surface area contributed by atoms with Crippen LogP contribution in [0.4, 0.5) is 11.4 Å². The zero-order valence-electron chi connectivity index (χ0n) is 17.5. The number of methoxy groups -OCH3 is 4. The number of benzene rings is 2. The summed E-state index contributed by atoms with van der Waals surface area (Å²) < 4.78 is 20.7. The molecule has 166 valence electrons. The molecule has 2 rings (SSSR count). The number of anilines is 1. The maximum absolute atomic E-state index is 12.7. The van der Waals surface area contributed by atoms with Crippen LogP contribution in [0.1, 0.15) is 6.92 Å². The van der Waals surface area contributed by atoms with Crippen LogP contribution in [-0.2, 0) is 9.59 Å². The Balaban J connectivity index is 2.32. The van der Waals surface area contributed by atoms with Crippen molar-refractivity contribution in [1.82, 2.24) is 0 Å². The summed E-state index contributed by atoms with van der Waals surface area (Å²) in [6, 6.07) is 4.59. The third-order valence-corrected chi connectivity index (χ3v) is 4.73. The van der Waals surface area contributed by atoms with Gasteiger partial charge in [0.05, 0.1) is 33.5 Å². The summed E-state index contributed by atoms with van der Waals surface area (Å²) >= 11 is 12.4. The average molecular weight is 470 g/mol. The molecule has 1 N–H and O–H groups in total. The molecule has 0 radical (unpaired) electrons. The summed E-state index contributed by atoms with van der Waals surface area (Å²) in [7, 11) is 5.76. The number of carbonyl (C=O) groups is 2. The lowest BCUT2D eigenvalue weighted by atomic mass is 10.2. The van der Waals surface area contributed by atoms with E-state index in [1.54, 1.807) is 6.07 Å². The van der Waals surface area contributed by atoms with E-state index in [2.05, 4.69) is 15.5 Å². The van der Waals surface area contributed by atoms with Gasteiger partial charge in [0, 0.05) is 23.9 Å². The smallest absolute Gasteiger partial charge is 0.258 e. The fourth-order valence-corrected chi connectivity index (χ4v) is 3.05. The zero-order chi connectivity index (χ0) is 23.1. The quantitative estimate of drug-likeness (QED) is 0.420. The molecular weight excluding hydrogens is 449 g/mol. The second kappa shape index (κ2) is 10.8. The summed E-state index contributed by atoms with van der Waals surface area (Å²) in [6.45, 7) is 1.22. The first-order valence-corrected chi connectivity index (χ1v) is 9.56. The Labute approximate surface area is 189 Å². The molecule has 1 amide bonds. The summed E-state index contributed by atoms with van der Waals surface area (Å²) in [5, 5.41) is 10.8. The van der Waals surface area contributed by atoms with Crippen LogP contribution in [-0.4, -0.2) is 46.2 Å². The van der Waals surface area contributed by atoms with Crippen LogP contribution in [0.2, 0.25) is 10.0 Å². The molecular formula is C20H21Cl2N3O6. The summed E-state index contributed by atoms with van der Waals surface area (Å²) in [4.78, 5) is 24.7. The number of ether oxygens (including phenoxy) is 4. The molecule has 1 atom stereocenters. The molecule has 31 heavy (non-hydrogen) atoms. The second-order valence-corrected chi connectivity index (χ2v) is 6.86. The normalized spacial score (nSPS) is 11.7. The van der Waals surface area contributed by atoms with E-state index in [-0.39, 0.29) is 21.4 Å². The van der Waals surface area contributed by atoms with Crippen LogP contribution in [0.5, 0.6) is 23.0 Å². The first-order valence-electron chi connectivity index (χ1n) is 8.80. The highest BCUT2D eigenvalue weighted by Gasteiger charge is 2.24. The number of carbonyl (C=O) groups excluding carboxylic acids is 2. The molecule has 0 aliphatic rings. The molecule has 0 saturated heterocycles. The molecule has 0 saturated carbocycles. The van der Waals surface area contributed by atoms with Crippen LogP contribution in [0.25, 0.3) is 0 Å². The summed E-state index contributed by atoms with van der Waals surface area (Å²) in [5.74, 6) is 0.0928. The Hall–Kier alpha value is -3.04. The standard InChI is InChI=1S/C20H21Cl2N3O6/c1-10(26)18(25-24-14-8-12(28-2)9-15(29-3)17(14)22)20(27)23-11-6-13(21)19(31-5)16(7-11)30-4/h6-9,18H,1-5H3,(H,23,27). The van der Waals surface area contributed by atoms with Crippen molar-refractivity contribution in [1.29, 1.82) is 0 Å². The number of hydrogen-bond acceptors (Lipinski definition) is 8. The van der Waals surface area contributed by atoms with Crippen LogP contribution in [0, 0.1) is 0 Å². The first kappa shape index (κ1) is 24.2. The van der Waals surface area contributed by atoms with Crippen molar-refractivity contribution >= 4 is 46.3 Å². The number of azo groups is 1. The minimum Gasteiger partial charge on any atom is -0.497 e. The van der Waals surface area contributed by atoms with Gasteiger partial charge in [-0.2, -0.15) is 10.2 Å². The third kappa shape index (κ3) is 5.77. The molecule has 0 bridgehead atoms. The van der Waals surface area contributed by atoms with Crippen molar-refractivity contribution in [3.8, 4) is 23.0 Å². The molecule has 0 spiro atoms. The van der Waals surface area contributed by atoms with Crippen molar-refractivity contribution in [2.45, 2.75) is 13.0 Å². The number of nitrogens with one attached hydrogen (secondary N) is 1. The van der Waals surface area contributed by atoms with Gasteiger partial charge in [-0.15, -0.1) is 0 Å². The van der Waals surface area contributed by atoms with E-state index in [1.165, 1.54) is 53.6 Å². The number of halogens is 2. The third-order valence-electron chi connectivity index (χ3n) is 4.06. The molecule has 1 unspecified atom stereocenters. The summed E-state index contributed by atoms with van der Waals surface area (Å²) in [5.41, 5.74) is 0.459. The fourth-order valence-electron chi connectivity index (χ4n) is 2.54. The van der Waals surface area contributed by atoms with Crippen molar-refractivity contribution in [3.63, 3.8) is 0 Å². The van der Waals surface area contributed by atoms with Crippen molar-refractivity contribution in [3.05, 3.63) is 34.3 Å². The molecule has 9 nitrogen and oxygen atoms in total. The van der Waals surface area contributed by atoms with Gasteiger partial charge >= 0.3 is 0 Å². The average Bonchev–Trinajstić information content (AvgIpc) is 2.74. The Bertz CT molecular complexity index is 1010. The van der Waals surface area contributed by atoms with E-state index < -0.39 is 17.7 Å². The van der Waals surface area contributed by atoms with Crippen LogP contribution < -0.4 is 24.3 Å². The lowest BCUT2D eigenvalue weighted by molar-refractivity contribution is -0.126. The highest BCUT2D eigenvalue weighted by molar-refractivity contribution is 6.34. The topological polar surface area (TPSA) is 108 Å². The highest BCUT2D eigenvalue weighted by atomic mass is 35.5. The van der Waals surface area contributed by atoms with E-state index >= 15 is 0 Å². The van der Waals surface area contributed by atoms with Crippen LogP contribution in [0.15, 0.2) is 34.5 Å². The Morgan fingerprint density at radius 3 is 2.16 bits per heavy atom. The molecule has 11 heteroatoms. The van der Waals surface area contributed by atoms with E-state index in [1.807, 2.05) is 0 Å². The summed E-state index contributed by atoms with van der Waals surface area (Å²) in [6.07, 6.45) is 0. The number of hydrogen-bond donors (Lipinski definition) is 1. The monoisotopic (exact) mass is 469 g/mol. The molecule has 2 aromatic rings. The number of rotatable bonds is 9. The van der Waals surface area contributed by atoms with E-state index in [0.717, 1.165) is 0 Å². The van der Waals surface area contributed by atoms with Crippen molar-refractivity contribution in [2.24, 2.45) is 10.2 Å². The predicted molar refractivity (Wildman–Crippen MR) is 117 cm³/mol. The number of nitrogens with zero attached hydrogens (tertiary/aromatic N) is 2. The Morgan fingerprint density at radius 1 is 0.935 bits per heavy atom. The van der Waals surface area contributed by atoms with E-state index in [9.17, 15) is 9.59 Å². The predicted octanol–water partition coefficient (Wildman–Crippen LogP) is 4.71. The minimum atomic E-state index is -1.43. The van der Waals surface area contributed by atoms with Gasteiger partial charge in [0.15, 0.2) is 17.3 Å². The van der Waals surface area contributed by atoms with Gasteiger partial charge in [-0.3, -0.25) is 9.59 Å². The van der Waals surface area contributed by atoms with Gasteiger partial charge in [0.25, 0.3) is 5.91 Å². The number of ketones is 1. The maximum atomic E-state index is 12.7. The molecule has 0 aromatic heterocycles. The minimum absolute atomic E-state index is 0.154. The van der Waals surface area contributed by atoms with Crippen molar-refractivity contribution < 1.29 is 28.5 Å². The van der Waals surface area contributed by atoms with Crippen molar-refractivity contribution in [2.75, 3.05) is 33.8 Å². The lowest BCUT2D eigenvalue weighted by Gasteiger charge is -2.14. The van der Waals surface area contributed by atoms with Crippen LogP contribution >= 0.6 is 23.2 Å². The van der Waals surface area contributed by atoms with Crippen LogP contribution in [0.3, 0.4) is 0 Å². The second-order valence-electron chi connectivity index (χ2n) is 6.07.